The third-order valence-corrected chi connectivity index (χ3v) is 4.16. The van der Waals surface area contributed by atoms with Crippen LogP contribution in [0, 0.1) is 0 Å². The number of likely N-dealkylation sites (N-methyl/N-ethyl adjacent to an activating group) is 1. The fourth-order valence-corrected chi connectivity index (χ4v) is 2.72. The number of rotatable bonds is 3. The average Bonchev–Trinajstić information content (AvgIpc) is 2.69. The summed E-state index contributed by atoms with van der Waals surface area (Å²) in [5.74, 6) is 0.360. The molecule has 0 amide bonds. The number of ether oxygens (including phenoxy) is 2. The standard InChI is InChI=1S/C14H23N3O3/c1-9-6-11-12(7-10(2)16(9)3)15-17(14(11)20-5)8-13(18)19-4/h9-10H,6-8H2,1-5H3. The van der Waals surface area contributed by atoms with Crippen LogP contribution in [-0.4, -0.2) is 54.0 Å². The Bertz CT molecular complexity index is 498. The molecule has 0 N–H and O–H groups in total. The van der Waals surface area contributed by atoms with E-state index in [1.54, 1.807) is 11.8 Å². The zero-order chi connectivity index (χ0) is 14.9. The molecule has 20 heavy (non-hydrogen) atoms. The van der Waals surface area contributed by atoms with Crippen molar-refractivity contribution in [1.82, 2.24) is 14.7 Å². The summed E-state index contributed by atoms with van der Waals surface area (Å²) in [5.41, 5.74) is 2.13. The van der Waals surface area contributed by atoms with Crippen molar-refractivity contribution < 1.29 is 14.3 Å². The van der Waals surface area contributed by atoms with E-state index in [9.17, 15) is 4.79 Å². The number of carbonyl (C=O) groups is 1. The second kappa shape index (κ2) is 5.83. The molecular weight excluding hydrogens is 258 g/mol. The third-order valence-electron chi connectivity index (χ3n) is 4.16. The van der Waals surface area contributed by atoms with Crippen molar-refractivity contribution in [2.75, 3.05) is 21.3 Å². The Hall–Kier alpha value is -1.56. The predicted molar refractivity (Wildman–Crippen MR) is 74.9 cm³/mol. The Kier molecular flexibility index (Phi) is 4.32. The summed E-state index contributed by atoms with van der Waals surface area (Å²) >= 11 is 0. The summed E-state index contributed by atoms with van der Waals surface area (Å²) in [6, 6.07) is 0.827. The van der Waals surface area contributed by atoms with E-state index in [1.165, 1.54) is 7.11 Å². The van der Waals surface area contributed by atoms with Gasteiger partial charge in [0.1, 0.15) is 6.54 Å². The van der Waals surface area contributed by atoms with Crippen LogP contribution in [0.15, 0.2) is 0 Å². The Morgan fingerprint density at radius 3 is 2.55 bits per heavy atom. The predicted octanol–water partition coefficient (Wildman–Crippen LogP) is 0.872. The van der Waals surface area contributed by atoms with Gasteiger partial charge in [-0.25, -0.2) is 4.68 Å². The Labute approximate surface area is 119 Å². The highest BCUT2D eigenvalue weighted by Gasteiger charge is 2.29. The fourth-order valence-electron chi connectivity index (χ4n) is 2.72. The first-order valence-electron chi connectivity index (χ1n) is 6.89. The summed E-state index contributed by atoms with van der Waals surface area (Å²) in [6.45, 7) is 4.48. The molecule has 1 aliphatic heterocycles. The smallest absolute Gasteiger partial charge is 0.327 e. The zero-order valence-electron chi connectivity index (χ0n) is 12.8. The van der Waals surface area contributed by atoms with E-state index in [0.29, 0.717) is 18.0 Å². The van der Waals surface area contributed by atoms with E-state index in [0.717, 1.165) is 24.1 Å². The monoisotopic (exact) mass is 281 g/mol. The largest absolute Gasteiger partial charge is 0.481 e. The van der Waals surface area contributed by atoms with Gasteiger partial charge in [-0.3, -0.25) is 4.79 Å². The van der Waals surface area contributed by atoms with E-state index in [-0.39, 0.29) is 12.5 Å². The van der Waals surface area contributed by atoms with Crippen LogP contribution in [0.5, 0.6) is 5.88 Å². The van der Waals surface area contributed by atoms with E-state index in [1.807, 2.05) is 0 Å². The maximum atomic E-state index is 11.5. The van der Waals surface area contributed by atoms with Crippen LogP contribution < -0.4 is 4.74 Å². The van der Waals surface area contributed by atoms with Gasteiger partial charge in [0.05, 0.1) is 19.9 Å². The van der Waals surface area contributed by atoms with Gasteiger partial charge in [-0.1, -0.05) is 0 Å². The third kappa shape index (κ3) is 2.65. The van der Waals surface area contributed by atoms with Crippen LogP contribution in [0.4, 0.5) is 0 Å². The molecule has 1 aromatic rings. The van der Waals surface area contributed by atoms with Gasteiger partial charge in [0.25, 0.3) is 0 Å². The lowest BCUT2D eigenvalue weighted by atomic mass is 10.1. The first-order chi connectivity index (χ1) is 9.47. The van der Waals surface area contributed by atoms with Crippen molar-refractivity contribution in [2.45, 2.75) is 45.3 Å². The maximum Gasteiger partial charge on any atom is 0.327 e. The van der Waals surface area contributed by atoms with Crippen LogP contribution in [0.2, 0.25) is 0 Å². The summed E-state index contributed by atoms with van der Waals surface area (Å²) < 4.78 is 11.8. The molecule has 2 heterocycles. The number of fused-ring (bicyclic) bond motifs is 1. The normalized spacial score (nSPS) is 23.1. The van der Waals surface area contributed by atoms with Crippen molar-refractivity contribution in [2.24, 2.45) is 0 Å². The first kappa shape index (κ1) is 14.8. The van der Waals surface area contributed by atoms with Crippen molar-refractivity contribution >= 4 is 5.97 Å². The lowest BCUT2D eigenvalue weighted by molar-refractivity contribution is -0.141. The van der Waals surface area contributed by atoms with Crippen LogP contribution in [-0.2, 0) is 28.9 Å². The van der Waals surface area contributed by atoms with Gasteiger partial charge >= 0.3 is 5.97 Å². The summed E-state index contributed by atoms with van der Waals surface area (Å²) in [6.07, 6.45) is 1.74. The van der Waals surface area contributed by atoms with Gasteiger partial charge in [-0.05, 0) is 27.3 Å². The maximum absolute atomic E-state index is 11.5. The van der Waals surface area contributed by atoms with Crippen molar-refractivity contribution in [1.29, 1.82) is 0 Å². The molecule has 2 unspecified atom stereocenters. The second-order valence-electron chi connectivity index (χ2n) is 5.44. The van der Waals surface area contributed by atoms with Gasteiger partial charge in [-0.15, -0.1) is 0 Å². The average molecular weight is 281 g/mol. The zero-order valence-corrected chi connectivity index (χ0v) is 12.8. The Balaban J connectivity index is 2.37. The van der Waals surface area contributed by atoms with E-state index in [2.05, 4.69) is 30.9 Å². The summed E-state index contributed by atoms with van der Waals surface area (Å²) in [4.78, 5) is 13.8. The first-order valence-corrected chi connectivity index (χ1v) is 6.89. The number of hydrogen-bond acceptors (Lipinski definition) is 5. The minimum absolute atomic E-state index is 0.0886. The van der Waals surface area contributed by atoms with Gasteiger partial charge in [0.15, 0.2) is 0 Å². The molecule has 0 fully saturated rings. The number of aromatic nitrogens is 2. The van der Waals surface area contributed by atoms with Gasteiger partial charge in [0, 0.05) is 24.1 Å². The Morgan fingerprint density at radius 1 is 1.30 bits per heavy atom. The molecule has 6 nitrogen and oxygen atoms in total. The molecular formula is C14H23N3O3. The molecule has 0 bridgehead atoms. The number of methoxy groups -OCH3 is 2. The quantitative estimate of drug-likeness (QED) is 0.770. The van der Waals surface area contributed by atoms with Crippen LogP contribution in [0.25, 0.3) is 0 Å². The molecule has 2 rings (SSSR count). The molecule has 112 valence electrons. The molecule has 0 aliphatic carbocycles. The lowest BCUT2D eigenvalue weighted by Gasteiger charge is -2.27. The van der Waals surface area contributed by atoms with E-state index >= 15 is 0 Å². The van der Waals surface area contributed by atoms with Crippen molar-refractivity contribution in [3.05, 3.63) is 11.3 Å². The number of esters is 1. The molecule has 0 aromatic carbocycles. The Morgan fingerprint density at radius 2 is 1.95 bits per heavy atom. The van der Waals surface area contributed by atoms with E-state index < -0.39 is 0 Å². The fraction of sp³-hybridized carbons (Fsp3) is 0.714. The van der Waals surface area contributed by atoms with Gasteiger partial charge < -0.3 is 14.4 Å². The topological polar surface area (TPSA) is 56.6 Å². The lowest BCUT2D eigenvalue weighted by Crippen LogP contribution is -2.37. The molecule has 2 atom stereocenters. The van der Waals surface area contributed by atoms with Crippen molar-refractivity contribution in [3.63, 3.8) is 0 Å². The molecule has 0 saturated carbocycles. The van der Waals surface area contributed by atoms with Gasteiger partial charge in [-0.2, -0.15) is 5.10 Å². The number of carbonyl (C=O) groups excluding carboxylic acids is 1. The summed E-state index contributed by atoms with van der Waals surface area (Å²) in [5, 5.41) is 4.55. The minimum atomic E-state index is -0.320. The number of hydrogen-bond donors (Lipinski definition) is 0. The number of nitrogens with zero attached hydrogens (tertiary/aromatic N) is 3. The van der Waals surface area contributed by atoms with Crippen LogP contribution in [0.1, 0.15) is 25.1 Å². The molecule has 0 spiro atoms. The van der Waals surface area contributed by atoms with E-state index in [4.69, 9.17) is 9.47 Å². The highest BCUT2D eigenvalue weighted by molar-refractivity contribution is 5.69. The second-order valence-corrected chi connectivity index (χ2v) is 5.44. The molecule has 1 aliphatic rings. The van der Waals surface area contributed by atoms with Crippen LogP contribution >= 0.6 is 0 Å². The van der Waals surface area contributed by atoms with Gasteiger partial charge in [0.2, 0.25) is 5.88 Å². The molecule has 0 radical (unpaired) electrons. The highest BCUT2D eigenvalue weighted by atomic mass is 16.5. The summed E-state index contributed by atoms with van der Waals surface area (Å²) in [7, 11) is 5.13. The van der Waals surface area contributed by atoms with Crippen LogP contribution in [0.3, 0.4) is 0 Å². The molecule has 6 heteroatoms. The molecule has 0 saturated heterocycles. The highest BCUT2D eigenvalue weighted by Crippen LogP contribution is 2.29. The van der Waals surface area contributed by atoms with Crippen molar-refractivity contribution in [3.8, 4) is 5.88 Å². The minimum Gasteiger partial charge on any atom is -0.481 e. The molecule has 1 aromatic heterocycles. The SMILES string of the molecule is COC(=O)Cn1nc2c(c1OC)CC(C)N(C)C(C)C2.